The number of hydrogen-bond donors (Lipinski definition) is 0. The summed E-state index contributed by atoms with van der Waals surface area (Å²) in [6.07, 6.45) is -0.216. The van der Waals surface area contributed by atoms with Gasteiger partial charge in [0.2, 0.25) is 5.89 Å². The van der Waals surface area contributed by atoms with Gasteiger partial charge >= 0.3 is 5.97 Å². The molecule has 2 aromatic carbocycles. The standard InChI is InChI=1S/C19H18Cl2N2O3/c1-11(10-23(2)3)25-19(24)12-4-5-16-17(8-12)26-18(22-16)13-6-14(20)9-15(21)7-13/h4-9,11H,10H2,1-3H3/t11-/m1/s1. The second-order valence-electron chi connectivity index (χ2n) is 6.34. The van der Waals surface area contributed by atoms with Crippen LogP contribution < -0.4 is 0 Å². The van der Waals surface area contributed by atoms with Gasteiger partial charge in [0.1, 0.15) is 11.6 Å². The molecule has 0 fully saturated rings. The minimum atomic E-state index is -0.398. The van der Waals surface area contributed by atoms with Crippen molar-refractivity contribution in [3.8, 4) is 11.5 Å². The van der Waals surface area contributed by atoms with Crippen LogP contribution in [0.2, 0.25) is 10.0 Å². The third-order valence-corrected chi connectivity index (χ3v) is 4.10. The Morgan fingerprint density at radius 1 is 1.19 bits per heavy atom. The number of esters is 1. The lowest BCUT2D eigenvalue weighted by Gasteiger charge is -2.17. The number of aromatic nitrogens is 1. The molecule has 5 nitrogen and oxygen atoms in total. The highest BCUT2D eigenvalue weighted by atomic mass is 35.5. The third kappa shape index (κ3) is 4.36. The van der Waals surface area contributed by atoms with Crippen LogP contribution >= 0.6 is 23.2 Å². The molecule has 26 heavy (non-hydrogen) atoms. The molecule has 0 aliphatic carbocycles. The van der Waals surface area contributed by atoms with E-state index >= 15 is 0 Å². The Bertz CT molecular complexity index is 933. The molecule has 0 saturated carbocycles. The summed E-state index contributed by atoms with van der Waals surface area (Å²) >= 11 is 12.1. The molecule has 0 radical (unpaired) electrons. The fourth-order valence-corrected chi connectivity index (χ4v) is 3.18. The average Bonchev–Trinajstić information content (AvgIpc) is 2.96. The molecule has 0 aliphatic heterocycles. The highest BCUT2D eigenvalue weighted by molar-refractivity contribution is 6.35. The zero-order chi connectivity index (χ0) is 18.8. The summed E-state index contributed by atoms with van der Waals surface area (Å²) in [5.41, 5.74) is 2.21. The highest BCUT2D eigenvalue weighted by Gasteiger charge is 2.16. The number of nitrogens with zero attached hydrogens (tertiary/aromatic N) is 2. The molecule has 0 amide bonds. The quantitative estimate of drug-likeness (QED) is 0.577. The summed E-state index contributed by atoms with van der Waals surface area (Å²) in [4.78, 5) is 18.7. The minimum Gasteiger partial charge on any atom is -0.458 e. The van der Waals surface area contributed by atoms with E-state index in [1.165, 1.54) is 0 Å². The maximum atomic E-state index is 12.3. The molecule has 0 unspecified atom stereocenters. The fraction of sp³-hybridized carbons (Fsp3) is 0.263. The van der Waals surface area contributed by atoms with Gasteiger partial charge in [0.25, 0.3) is 0 Å². The Balaban J connectivity index is 1.86. The monoisotopic (exact) mass is 392 g/mol. The van der Waals surface area contributed by atoms with Gasteiger partial charge in [0.15, 0.2) is 5.58 Å². The number of benzene rings is 2. The lowest BCUT2D eigenvalue weighted by atomic mass is 10.2. The largest absolute Gasteiger partial charge is 0.458 e. The van der Waals surface area contributed by atoms with Crippen LogP contribution in [0.5, 0.6) is 0 Å². The van der Waals surface area contributed by atoms with Crippen LogP contribution in [0.15, 0.2) is 40.8 Å². The van der Waals surface area contributed by atoms with Gasteiger partial charge in [0, 0.05) is 22.2 Å². The van der Waals surface area contributed by atoms with Crippen molar-refractivity contribution in [1.29, 1.82) is 0 Å². The average molecular weight is 393 g/mol. The molecule has 3 aromatic rings. The zero-order valence-electron chi connectivity index (χ0n) is 14.6. The molecule has 1 heterocycles. The summed E-state index contributed by atoms with van der Waals surface area (Å²) in [6.45, 7) is 2.50. The number of oxazole rings is 1. The van der Waals surface area contributed by atoms with Gasteiger partial charge < -0.3 is 14.1 Å². The van der Waals surface area contributed by atoms with Crippen molar-refractivity contribution >= 4 is 40.3 Å². The zero-order valence-corrected chi connectivity index (χ0v) is 16.1. The SMILES string of the molecule is C[C@H](CN(C)C)OC(=O)c1ccc2nc(-c3cc(Cl)cc(Cl)c3)oc2c1. The normalized spacial score (nSPS) is 12.5. The summed E-state index contributed by atoms with van der Waals surface area (Å²) in [5, 5.41) is 0.989. The van der Waals surface area contributed by atoms with E-state index in [0.29, 0.717) is 44.7 Å². The Hall–Kier alpha value is -2.08. The number of hydrogen-bond acceptors (Lipinski definition) is 5. The van der Waals surface area contributed by atoms with E-state index in [1.54, 1.807) is 36.4 Å². The van der Waals surface area contributed by atoms with E-state index in [9.17, 15) is 4.79 Å². The summed E-state index contributed by atoms with van der Waals surface area (Å²) in [7, 11) is 3.85. The maximum absolute atomic E-state index is 12.3. The van der Waals surface area contributed by atoms with Crippen molar-refractivity contribution in [2.45, 2.75) is 13.0 Å². The van der Waals surface area contributed by atoms with E-state index in [-0.39, 0.29) is 6.10 Å². The topological polar surface area (TPSA) is 55.6 Å². The lowest BCUT2D eigenvalue weighted by Crippen LogP contribution is -2.28. The van der Waals surface area contributed by atoms with Crippen LogP contribution in [0, 0.1) is 0 Å². The predicted octanol–water partition coefficient (Wildman–Crippen LogP) is 4.91. The highest BCUT2D eigenvalue weighted by Crippen LogP contribution is 2.29. The summed E-state index contributed by atoms with van der Waals surface area (Å²) in [5.74, 6) is -0.0131. The van der Waals surface area contributed by atoms with Crippen molar-refractivity contribution in [3.05, 3.63) is 52.0 Å². The van der Waals surface area contributed by atoms with Crippen LogP contribution in [-0.4, -0.2) is 42.6 Å². The molecule has 0 aliphatic rings. The van der Waals surface area contributed by atoms with Crippen LogP contribution in [0.4, 0.5) is 0 Å². The lowest BCUT2D eigenvalue weighted by molar-refractivity contribution is 0.0289. The number of fused-ring (bicyclic) bond motifs is 1. The van der Waals surface area contributed by atoms with E-state index in [0.717, 1.165) is 0 Å². The fourth-order valence-electron chi connectivity index (χ4n) is 2.65. The molecular formula is C19H18Cl2N2O3. The summed E-state index contributed by atoms with van der Waals surface area (Å²) in [6, 6.07) is 10.1. The van der Waals surface area contributed by atoms with E-state index in [1.807, 2.05) is 25.9 Å². The minimum absolute atomic E-state index is 0.216. The molecule has 3 rings (SSSR count). The first-order valence-electron chi connectivity index (χ1n) is 8.04. The molecule has 0 saturated heterocycles. The smallest absolute Gasteiger partial charge is 0.338 e. The van der Waals surface area contributed by atoms with Crippen LogP contribution in [0.1, 0.15) is 17.3 Å². The number of rotatable bonds is 5. The first-order valence-corrected chi connectivity index (χ1v) is 8.80. The van der Waals surface area contributed by atoms with Gasteiger partial charge in [0.05, 0.1) is 5.56 Å². The van der Waals surface area contributed by atoms with Gasteiger partial charge in [-0.2, -0.15) is 0 Å². The number of halogens is 2. The van der Waals surface area contributed by atoms with Crippen LogP contribution in [-0.2, 0) is 4.74 Å². The first kappa shape index (κ1) is 18.7. The molecule has 0 spiro atoms. The third-order valence-electron chi connectivity index (χ3n) is 3.66. The molecule has 7 heteroatoms. The van der Waals surface area contributed by atoms with Gasteiger partial charge in [-0.15, -0.1) is 0 Å². The van der Waals surface area contributed by atoms with Crippen LogP contribution in [0.25, 0.3) is 22.6 Å². The van der Waals surface area contributed by atoms with Crippen molar-refractivity contribution in [2.24, 2.45) is 0 Å². The van der Waals surface area contributed by atoms with Crippen molar-refractivity contribution < 1.29 is 13.9 Å². The Kier molecular flexibility index (Phi) is 5.51. The summed E-state index contributed by atoms with van der Waals surface area (Å²) < 4.78 is 11.2. The van der Waals surface area contributed by atoms with Crippen molar-refractivity contribution in [2.75, 3.05) is 20.6 Å². The van der Waals surface area contributed by atoms with Crippen LogP contribution in [0.3, 0.4) is 0 Å². The first-order chi connectivity index (χ1) is 12.3. The van der Waals surface area contributed by atoms with Gasteiger partial charge in [-0.25, -0.2) is 9.78 Å². The second-order valence-corrected chi connectivity index (χ2v) is 7.21. The van der Waals surface area contributed by atoms with Gasteiger partial charge in [-0.1, -0.05) is 23.2 Å². The molecule has 0 N–H and O–H groups in total. The van der Waals surface area contributed by atoms with E-state index < -0.39 is 5.97 Å². The number of carbonyl (C=O) groups is 1. The van der Waals surface area contributed by atoms with Gasteiger partial charge in [-0.05, 0) is 57.4 Å². The van der Waals surface area contributed by atoms with Crippen molar-refractivity contribution in [1.82, 2.24) is 9.88 Å². The second kappa shape index (κ2) is 7.66. The Morgan fingerprint density at radius 2 is 1.88 bits per heavy atom. The van der Waals surface area contributed by atoms with E-state index in [2.05, 4.69) is 4.98 Å². The maximum Gasteiger partial charge on any atom is 0.338 e. The molecule has 136 valence electrons. The Morgan fingerprint density at radius 3 is 2.54 bits per heavy atom. The number of ether oxygens (including phenoxy) is 1. The molecule has 1 atom stereocenters. The number of carbonyl (C=O) groups excluding carboxylic acids is 1. The van der Waals surface area contributed by atoms with Gasteiger partial charge in [-0.3, -0.25) is 0 Å². The molecular weight excluding hydrogens is 375 g/mol. The molecule has 0 bridgehead atoms. The number of likely N-dealkylation sites (N-methyl/N-ethyl adjacent to an activating group) is 1. The van der Waals surface area contributed by atoms with E-state index in [4.69, 9.17) is 32.4 Å². The predicted molar refractivity (Wildman–Crippen MR) is 103 cm³/mol. The Labute approximate surface area is 161 Å². The molecule has 1 aromatic heterocycles. The van der Waals surface area contributed by atoms with Crippen molar-refractivity contribution in [3.63, 3.8) is 0 Å².